The van der Waals surface area contributed by atoms with E-state index in [1.54, 1.807) is 30.5 Å². The van der Waals surface area contributed by atoms with Crippen LogP contribution >= 0.6 is 23.2 Å². The van der Waals surface area contributed by atoms with E-state index in [2.05, 4.69) is 20.9 Å². The number of ether oxygens (including phenoxy) is 1. The first kappa shape index (κ1) is 51.8. The molecule has 0 aliphatic carbocycles. The normalized spacial score (nSPS) is 14.0. The Morgan fingerprint density at radius 3 is 2.25 bits per heavy atom. The lowest BCUT2D eigenvalue weighted by atomic mass is 9.88. The maximum absolute atomic E-state index is 14.9. The van der Waals surface area contributed by atoms with Crippen LogP contribution in [0, 0.1) is 11.3 Å². The summed E-state index contributed by atoms with van der Waals surface area (Å²) in [6.45, 7) is 4.38. The third-order valence-corrected chi connectivity index (χ3v) is 13.4. The predicted octanol–water partition coefficient (Wildman–Crippen LogP) is 7.18. The zero-order valence-corrected chi connectivity index (χ0v) is 39.4. The fraction of sp³-hybridized carbons (Fsp3) is 0.354. The number of H-pyrrole nitrogens is 1. The molecule has 0 saturated carbocycles. The molecular formula is C48H51Cl2N5O11S. The minimum Gasteiger partial charge on any atom is -0.497 e. The van der Waals surface area contributed by atoms with Gasteiger partial charge in [-0.25, -0.2) is 9.78 Å². The second-order valence-corrected chi connectivity index (χ2v) is 18.3. The van der Waals surface area contributed by atoms with Gasteiger partial charge in [-0.2, -0.15) is 5.26 Å². The van der Waals surface area contributed by atoms with Gasteiger partial charge < -0.3 is 39.9 Å². The number of fused-ring (bicyclic) bond motifs is 1. The number of imidazole rings is 1. The number of aliphatic carboxylic acids is 3. The number of hydrogen-bond acceptors (Lipinski definition) is 11. The molecule has 6 rings (SSSR count). The standard InChI is InChI=1S/C42H43Cl2N5O4S.C6H8O7/c1-4-33-31(24-45)21-29-7-5-6-8-35(29)40(33)42(51)49(26-38(50)41-46-16-17-47-41)25-30(28-9-12-36(43)37(44)22-28)15-20-48-18-13-27(14-19-48)34-11-10-32(53-2)23-39(34)54(3)52;7-3(8)1-6(13,5(11)12)2-4(9)10/h5-12,16-17,21-23,27,30H,4,13-15,18-20,25-26H2,1-3H3,(H,46,47);13H,1-2H2,(H,7,8)(H,9,10)(H,11,12)/t30-,54+;/m1./s1. The number of carboxylic acids is 3. The number of aromatic nitrogens is 2. The van der Waals surface area contributed by atoms with E-state index in [1.165, 1.54) is 6.20 Å². The molecule has 0 unspecified atom stereocenters. The minimum atomic E-state index is -2.74. The second kappa shape index (κ2) is 23.5. The van der Waals surface area contributed by atoms with Gasteiger partial charge in [-0.1, -0.05) is 66.5 Å². The van der Waals surface area contributed by atoms with Gasteiger partial charge in [0.1, 0.15) is 5.75 Å². The average Bonchev–Trinajstić information content (AvgIpc) is 3.85. The van der Waals surface area contributed by atoms with E-state index < -0.39 is 47.2 Å². The molecule has 5 aromatic rings. The fourth-order valence-electron chi connectivity index (χ4n) is 8.29. The summed E-state index contributed by atoms with van der Waals surface area (Å²) in [6, 6.07) is 23.1. The van der Waals surface area contributed by atoms with Crippen molar-refractivity contribution in [2.45, 2.75) is 67.8 Å². The summed E-state index contributed by atoms with van der Waals surface area (Å²) in [5.41, 5.74) is 0.797. The molecule has 0 spiro atoms. The van der Waals surface area contributed by atoms with Gasteiger partial charge in [0.05, 0.1) is 64.5 Å². The monoisotopic (exact) mass is 975 g/mol. The molecule has 16 nitrogen and oxygen atoms in total. The first-order valence-electron chi connectivity index (χ1n) is 21.2. The molecule has 1 aromatic heterocycles. The Hall–Kier alpha value is -6.16. The number of carbonyl (C=O) groups excluding carboxylic acids is 2. The van der Waals surface area contributed by atoms with Crippen LogP contribution in [0.15, 0.2) is 84.0 Å². The number of carbonyl (C=O) groups is 5. The molecule has 4 aromatic carbocycles. The number of aromatic amines is 1. The summed E-state index contributed by atoms with van der Waals surface area (Å²) in [6.07, 6.45) is 5.48. The molecule has 67 heavy (non-hydrogen) atoms. The number of amides is 1. The van der Waals surface area contributed by atoms with Crippen molar-refractivity contribution in [2.75, 3.05) is 46.1 Å². The zero-order chi connectivity index (χ0) is 49.0. The van der Waals surface area contributed by atoms with Crippen molar-refractivity contribution < 1.29 is 53.3 Å². The number of nitrogens with one attached hydrogen (secondary N) is 1. The molecule has 354 valence electrons. The topological polar surface area (TPSA) is 252 Å². The van der Waals surface area contributed by atoms with Gasteiger partial charge in [0.15, 0.2) is 11.4 Å². The summed E-state index contributed by atoms with van der Waals surface area (Å²) >= 11 is 12.9. The third-order valence-electron chi connectivity index (χ3n) is 11.7. The maximum Gasteiger partial charge on any atom is 0.336 e. The molecule has 1 saturated heterocycles. The van der Waals surface area contributed by atoms with Gasteiger partial charge >= 0.3 is 17.9 Å². The van der Waals surface area contributed by atoms with Crippen molar-refractivity contribution >= 4 is 74.4 Å². The molecule has 1 fully saturated rings. The second-order valence-electron chi connectivity index (χ2n) is 16.1. The molecule has 1 aliphatic rings. The Morgan fingerprint density at radius 1 is 1.00 bits per heavy atom. The minimum absolute atomic E-state index is 0.167. The van der Waals surface area contributed by atoms with E-state index in [9.17, 15) is 33.4 Å². The van der Waals surface area contributed by atoms with E-state index in [0.717, 1.165) is 59.3 Å². The van der Waals surface area contributed by atoms with Crippen molar-refractivity contribution in [1.82, 2.24) is 19.8 Å². The first-order valence-corrected chi connectivity index (χ1v) is 23.6. The number of likely N-dealkylation sites (tertiary alicyclic amines) is 1. The predicted molar refractivity (Wildman–Crippen MR) is 252 cm³/mol. The number of halogens is 2. The van der Waals surface area contributed by atoms with Gasteiger partial charge in [-0.15, -0.1) is 0 Å². The Bertz CT molecular complexity index is 2670. The van der Waals surface area contributed by atoms with E-state index in [0.29, 0.717) is 45.3 Å². The molecule has 2 heterocycles. The van der Waals surface area contributed by atoms with Crippen LogP contribution in [0.4, 0.5) is 0 Å². The largest absolute Gasteiger partial charge is 0.497 e. The highest BCUT2D eigenvalue weighted by Gasteiger charge is 2.41. The van der Waals surface area contributed by atoms with Crippen LogP contribution in [0.5, 0.6) is 5.75 Å². The lowest BCUT2D eigenvalue weighted by Gasteiger charge is -2.35. The van der Waals surface area contributed by atoms with Crippen LogP contribution in [0.2, 0.25) is 10.0 Å². The number of benzene rings is 4. The maximum atomic E-state index is 14.9. The molecule has 0 bridgehead atoms. The van der Waals surface area contributed by atoms with Crippen molar-refractivity contribution in [1.29, 1.82) is 5.26 Å². The van der Waals surface area contributed by atoms with Crippen LogP contribution in [0.25, 0.3) is 10.8 Å². The summed E-state index contributed by atoms with van der Waals surface area (Å²) in [7, 11) is 0.475. The Kier molecular flexibility index (Phi) is 18.2. The van der Waals surface area contributed by atoms with E-state index >= 15 is 0 Å². The molecule has 5 N–H and O–H groups in total. The van der Waals surface area contributed by atoms with Crippen molar-refractivity contribution in [3.8, 4) is 11.8 Å². The number of ketones is 1. The van der Waals surface area contributed by atoms with Crippen LogP contribution < -0.4 is 4.74 Å². The number of hydrogen-bond donors (Lipinski definition) is 5. The lowest BCUT2D eigenvalue weighted by Crippen LogP contribution is -2.42. The number of nitriles is 1. The van der Waals surface area contributed by atoms with Crippen molar-refractivity contribution in [3.63, 3.8) is 0 Å². The number of Topliss-reactive ketones (excluding diaryl/α,β-unsaturated/α-hetero) is 1. The van der Waals surface area contributed by atoms with Gasteiger partial charge in [0.25, 0.3) is 5.91 Å². The zero-order valence-electron chi connectivity index (χ0n) is 37.0. The number of carboxylic acid groups (broad SMARTS) is 3. The van der Waals surface area contributed by atoms with Crippen LogP contribution in [-0.4, -0.2) is 126 Å². The van der Waals surface area contributed by atoms with E-state index in [1.807, 2.05) is 67.6 Å². The van der Waals surface area contributed by atoms with Crippen molar-refractivity contribution in [2.24, 2.45) is 0 Å². The number of aliphatic hydroxyl groups is 1. The molecule has 19 heteroatoms. The average molecular weight is 977 g/mol. The number of nitrogens with zero attached hydrogens (tertiary/aromatic N) is 4. The quantitative estimate of drug-likeness (QED) is 0.0514. The molecule has 1 amide bonds. The number of rotatable bonds is 19. The summed E-state index contributed by atoms with van der Waals surface area (Å²) < 4.78 is 18.0. The Labute approximate surface area is 399 Å². The Balaban J connectivity index is 0.000000563. The van der Waals surface area contributed by atoms with Gasteiger partial charge in [-0.3, -0.25) is 23.4 Å². The summed E-state index contributed by atoms with van der Waals surface area (Å²) in [5, 5.41) is 46.3. The van der Waals surface area contributed by atoms with Crippen LogP contribution in [0.3, 0.4) is 0 Å². The van der Waals surface area contributed by atoms with Crippen LogP contribution in [0.1, 0.15) is 94.1 Å². The van der Waals surface area contributed by atoms with E-state index in [-0.39, 0.29) is 42.4 Å². The van der Waals surface area contributed by atoms with Crippen LogP contribution in [-0.2, 0) is 31.6 Å². The van der Waals surface area contributed by atoms with Gasteiger partial charge in [0.2, 0.25) is 5.78 Å². The highest BCUT2D eigenvalue weighted by Crippen LogP contribution is 2.36. The third kappa shape index (κ3) is 13.3. The highest BCUT2D eigenvalue weighted by molar-refractivity contribution is 7.84. The molecular weight excluding hydrogens is 926 g/mol. The SMILES string of the molecule is CCc1c(C#N)cc2ccccc2c1C(=O)N(CC(=O)c1ncc[nH]1)C[C@@H](CCN1CCC(c2ccc(OC)cc2[S@](C)=O)CC1)c1ccc(Cl)c(Cl)c1.O=C(O)CC(O)(CC(=O)O)C(=O)O. The summed E-state index contributed by atoms with van der Waals surface area (Å²) in [5.74, 6) is -4.73. The lowest BCUT2D eigenvalue weighted by molar-refractivity contribution is -0.170. The van der Waals surface area contributed by atoms with Gasteiger partial charge in [0, 0.05) is 36.0 Å². The van der Waals surface area contributed by atoms with Gasteiger partial charge in [-0.05, 0) is 109 Å². The molecule has 1 aliphatic heterocycles. The fourth-order valence-corrected chi connectivity index (χ4v) is 9.44. The molecule has 2 atom stereocenters. The number of methoxy groups -OCH3 is 1. The smallest absolute Gasteiger partial charge is 0.336 e. The Morgan fingerprint density at radius 2 is 1.69 bits per heavy atom. The first-order chi connectivity index (χ1) is 31.9. The van der Waals surface area contributed by atoms with E-state index in [4.69, 9.17) is 48.4 Å². The highest BCUT2D eigenvalue weighted by atomic mass is 35.5. The molecule has 0 radical (unpaired) electrons. The summed E-state index contributed by atoms with van der Waals surface area (Å²) in [4.78, 5) is 71.0. The number of piperidine rings is 1. The van der Waals surface area contributed by atoms with Crippen molar-refractivity contribution in [3.05, 3.63) is 123 Å².